The number of pyridine rings is 1. The lowest BCUT2D eigenvalue weighted by Gasteiger charge is -2.05. The number of hydrogen-bond acceptors (Lipinski definition) is 3. The van der Waals surface area contributed by atoms with Crippen molar-refractivity contribution in [3.63, 3.8) is 0 Å². The molecule has 0 fully saturated rings. The van der Waals surface area contributed by atoms with Crippen LogP contribution in [0.4, 0.5) is 4.39 Å². The second-order valence-corrected chi connectivity index (χ2v) is 3.67. The fourth-order valence-corrected chi connectivity index (χ4v) is 1.46. The third-order valence-electron chi connectivity index (χ3n) is 2.35. The lowest BCUT2D eigenvalue weighted by Crippen LogP contribution is -2.24. The molecule has 1 aromatic carbocycles. The summed E-state index contributed by atoms with van der Waals surface area (Å²) in [6.07, 6.45) is 1.61. The SMILES string of the molecule is O=C(NCc1ccccn1)c1ccc(O)cc1F. The van der Waals surface area contributed by atoms with E-state index in [2.05, 4.69) is 10.3 Å². The number of rotatable bonds is 3. The third kappa shape index (κ3) is 2.82. The Bertz CT molecular complexity index is 558. The van der Waals surface area contributed by atoms with Crippen LogP contribution in [0.2, 0.25) is 0 Å². The van der Waals surface area contributed by atoms with E-state index in [9.17, 15) is 9.18 Å². The summed E-state index contributed by atoms with van der Waals surface area (Å²) in [5.41, 5.74) is 0.578. The maximum Gasteiger partial charge on any atom is 0.254 e. The number of benzene rings is 1. The van der Waals surface area contributed by atoms with Crippen LogP contribution in [0.25, 0.3) is 0 Å². The Labute approximate surface area is 103 Å². The van der Waals surface area contributed by atoms with E-state index in [-0.39, 0.29) is 17.9 Å². The number of halogens is 1. The van der Waals surface area contributed by atoms with Gasteiger partial charge in [-0.05, 0) is 24.3 Å². The van der Waals surface area contributed by atoms with Crippen molar-refractivity contribution >= 4 is 5.91 Å². The minimum Gasteiger partial charge on any atom is -0.508 e. The molecule has 0 aliphatic carbocycles. The lowest BCUT2D eigenvalue weighted by atomic mass is 10.2. The van der Waals surface area contributed by atoms with E-state index < -0.39 is 11.7 Å². The first kappa shape index (κ1) is 12.0. The highest BCUT2D eigenvalue weighted by Crippen LogP contribution is 2.14. The molecule has 92 valence electrons. The van der Waals surface area contributed by atoms with E-state index in [0.29, 0.717) is 5.69 Å². The number of nitrogens with zero attached hydrogens (tertiary/aromatic N) is 1. The minimum absolute atomic E-state index is 0.108. The highest BCUT2D eigenvalue weighted by atomic mass is 19.1. The quantitative estimate of drug-likeness (QED) is 0.868. The summed E-state index contributed by atoms with van der Waals surface area (Å²) in [5, 5.41) is 11.6. The summed E-state index contributed by atoms with van der Waals surface area (Å²) in [4.78, 5) is 15.7. The van der Waals surface area contributed by atoms with Crippen molar-refractivity contribution in [2.45, 2.75) is 6.54 Å². The number of nitrogens with one attached hydrogen (secondary N) is 1. The highest BCUT2D eigenvalue weighted by Gasteiger charge is 2.11. The molecule has 0 aliphatic rings. The monoisotopic (exact) mass is 246 g/mol. The van der Waals surface area contributed by atoms with Crippen molar-refractivity contribution in [1.82, 2.24) is 10.3 Å². The molecule has 0 aliphatic heterocycles. The maximum absolute atomic E-state index is 13.4. The second kappa shape index (κ2) is 5.27. The molecule has 0 atom stereocenters. The second-order valence-electron chi connectivity index (χ2n) is 3.67. The van der Waals surface area contributed by atoms with Gasteiger partial charge in [0.15, 0.2) is 0 Å². The largest absolute Gasteiger partial charge is 0.508 e. The van der Waals surface area contributed by atoms with Crippen LogP contribution < -0.4 is 5.32 Å². The van der Waals surface area contributed by atoms with Crippen molar-refractivity contribution in [2.75, 3.05) is 0 Å². The van der Waals surface area contributed by atoms with Crippen molar-refractivity contribution in [2.24, 2.45) is 0 Å². The Balaban J connectivity index is 2.04. The topological polar surface area (TPSA) is 62.2 Å². The van der Waals surface area contributed by atoms with E-state index in [1.807, 2.05) is 0 Å². The van der Waals surface area contributed by atoms with Crippen molar-refractivity contribution in [3.05, 3.63) is 59.7 Å². The zero-order chi connectivity index (χ0) is 13.0. The van der Waals surface area contributed by atoms with E-state index in [4.69, 9.17) is 5.11 Å². The molecule has 2 N–H and O–H groups in total. The zero-order valence-electron chi connectivity index (χ0n) is 9.43. The molecule has 0 unspecified atom stereocenters. The maximum atomic E-state index is 13.4. The van der Waals surface area contributed by atoms with Gasteiger partial charge in [-0.25, -0.2) is 4.39 Å². The number of amides is 1. The van der Waals surface area contributed by atoms with Crippen molar-refractivity contribution in [3.8, 4) is 5.75 Å². The van der Waals surface area contributed by atoms with Crippen LogP contribution in [0.1, 0.15) is 16.1 Å². The van der Waals surface area contributed by atoms with Crippen LogP contribution in [0.15, 0.2) is 42.6 Å². The normalized spacial score (nSPS) is 10.1. The predicted molar refractivity (Wildman–Crippen MR) is 63.5 cm³/mol. The minimum atomic E-state index is -0.756. The molecular weight excluding hydrogens is 235 g/mol. The summed E-state index contributed by atoms with van der Waals surface area (Å²) < 4.78 is 13.4. The molecule has 0 radical (unpaired) electrons. The Hall–Kier alpha value is -2.43. The molecule has 5 heteroatoms. The first-order valence-electron chi connectivity index (χ1n) is 5.33. The molecular formula is C13H11FN2O2. The number of phenols is 1. The summed E-state index contributed by atoms with van der Waals surface area (Å²) >= 11 is 0. The van der Waals surface area contributed by atoms with Crippen molar-refractivity contribution < 1.29 is 14.3 Å². The molecule has 0 bridgehead atoms. The molecule has 2 aromatic rings. The molecule has 0 saturated heterocycles. The van der Waals surface area contributed by atoms with Crippen LogP contribution in [-0.4, -0.2) is 16.0 Å². The molecule has 4 nitrogen and oxygen atoms in total. The average molecular weight is 246 g/mol. The van der Waals surface area contributed by atoms with Crippen LogP contribution in [0.3, 0.4) is 0 Å². The van der Waals surface area contributed by atoms with Crippen LogP contribution >= 0.6 is 0 Å². The fourth-order valence-electron chi connectivity index (χ4n) is 1.46. The first-order chi connectivity index (χ1) is 8.66. The van der Waals surface area contributed by atoms with E-state index in [0.717, 1.165) is 6.07 Å². The first-order valence-corrected chi connectivity index (χ1v) is 5.33. The molecule has 1 heterocycles. The van der Waals surface area contributed by atoms with Gasteiger partial charge in [-0.3, -0.25) is 9.78 Å². The molecule has 1 amide bonds. The summed E-state index contributed by atoms with van der Waals surface area (Å²) in [7, 11) is 0. The predicted octanol–water partition coefficient (Wildman–Crippen LogP) is 1.86. The fraction of sp³-hybridized carbons (Fsp3) is 0.0769. The van der Waals surface area contributed by atoms with Gasteiger partial charge >= 0.3 is 0 Å². The standard InChI is InChI=1S/C13H11FN2O2/c14-12-7-10(17)4-5-11(12)13(18)16-8-9-3-1-2-6-15-9/h1-7,17H,8H2,(H,16,18). The summed E-state index contributed by atoms with van der Waals surface area (Å²) in [6, 6.07) is 8.72. The zero-order valence-corrected chi connectivity index (χ0v) is 9.43. The van der Waals surface area contributed by atoms with Gasteiger partial charge in [-0.2, -0.15) is 0 Å². The summed E-state index contributed by atoms with van der Waals surface area (Å²) in [5.74, 6) is -1.51. The van der Waals surface area contributed by atoms with Gasteiger partial charge in [-0.15, -0.1) is 0 Å². The van der Waals surface area contributed by atoms with Crippen LogP contribution in [0.5, 0.6) is 5.75 Å². The number of carbonyl (C=O) groups is 1. The van der Waals surface area contributed by atoms with Crippen LogP contribution in [0, 0.1) is 5.82 Å². The van der Waals surface area contributed by atoms with Gasteiger partial charge in [0.05, 0.1) is 17.8 Å². The number of carbonyl (C=O) groups excluding carboxylic acids is 1. The van der Waals surface area contributed by atoms with Gasteiger partial charge in [-0.1, -0.05) is 6.07 Å². The molecule has 0 saturated carbocycles. The van der Waals surface area contributed by atoms with Crippen molar-refractivity contribution in [1.29, 1.82) is 0 Å². The third-order valence-corrected chi connectivity index (χ3v) is 2.35. The molecule has 2 rings (SSSR count). The highest BCUT2D eigenvalue weighted by molar-refractivity contribution is 5.94. The van der Waals surface area contributed by atoms with E-state index >= 15 is 0 Å². The van der Waals surface area contributed by atoms with Gasteiger partial charge < -0.3 is 10.4 Å². The van der Waals surface area contributed by atoms with Crippen LogP contribution in [-0.2, 0) is 6.54 Å². The van der Waals surface area contributed by atoms with Gasteiger partial charge in [0.2, 0.25) is 0 Å². The molecule has 1 aromatic heterocycles. The van der Waals surface area contributed by atoms with Gasteiger partial charge in [0.25, 0.3) is 5.91 Å². The Morgan fingerprint density at radius 2 is 2.17 bits per heavy atom. The number of aromatic hydroxyl groups is 1. The van der Waals surface area contributed by atoms with E-state index in [1.54, 1.807) is 24.4 Å². The lowest BCUT2D eigenvalue weighted by molar-refractivity contribution is 0.0946. The van der Waals surface area contributed by atoms with Gasteiger partial charge in [0, 0.05) is 12.3 Å². The van der Waals surface area contributed by atoms with Gasteiger partial charge in [0.1, 0.15) is 11.6 Å². The summed E-state index contributed by atoms with van der Waals surface area (Å²) in [6.45, 7) is 0.222. The van der Waals surface area contributed by atoms with E-state index in [1.165, 1.54) is 12.1 Å². The Morgan fingerprint density at radius 1 is 1.33 bits per heavy atom. The number of hydrogen-bond donors (Lipinski definition) is 2. The number of aromatic nitrogens is 1. The number of phenolic OH excluding ortho intramolecular Hbond substituents is 1. The molecule has 18 heavy (non-hydrogen) atoms. The average Bonchev–Trinajstić information content (AvgIpc) is 2.37. The Morgan fingerprint density at radius 3 is 2.83 bits per heavy atom. The smallest absolute Gasteiger partial charge is 0.254 e. The Kier molecular flexibility index (Phi) is 3.52. The molecule has 0 spiro atoms.